The van der Waals surface area contributed by atoms with Gasteiger partial charge in [0.15, 0.2) is 9.84 Å². The number of ether oxygens (including phenoxy) is 1. The summed E-state index contributed by atoms with van der Waals surface area (Å²) in [6.07, 6.45) is 0. The largest absolute Gasteiger partial charge is 0.497 e. The van der Waals surface area contributed by atoms with Crippen LogP contribution in [0.15, 0.2) is 53.4 Å². The van der Waals surface area contributed by atoms with Crippen LogP contribution in [-0.2, 0) is 14.6 Å². The van der Waals surface area contributed by atoms with Gasteiger partial charge in [-0.05, 0) is 36.4 Å². The van der Waals surface area contributed by atoms with Crippen LogP contribution in [0.5, 0.6) is 5.75 Å². The number of halogens is 1. The molecule has 0 heterocycles. The van der Waals surface area contributed by atoms with Gasteiger partial charge in [-0.3, -0.25) is 4.79 Å². The molecule has 0 aliphatic rings. The number of rotatable bonds is 5. The molecule has 0 spiro atoms. The van der Waals surface area contributed by atoms with Gasteiger partial charge in [-0.25, -0.2) is 8.42 Å². The summed E-state index contributed by atoms with van der Waals surface area (Å²) in [6, 6.07) is 12.5. The summed E-state index contributed by atoms with van der Waals surface area (Å²) in [4.78, 5) is 11.9. The van der Waals surface area contributed by atoms with Crippen LogP contribution in [0.3, 0.4) is 0 Å². The Balaban J connectivity index is 2.12. The highest BCUT2D eigenvalue weighted by Crippen LogP contribution is 2.19. The minimum Gasteiger partial charge on any atom is -0.497 e. The summed E-state index contributed by atoms with van der Waals surface area (Å²) in [5.41, 5.74) is 0.443. The molecule has 0 fully saturated rings. The second-order valence-electron chi connectivity index (χ2n) is 4.50. The van der Waals surface area contributed by atoms with E-state index in [0.29, 0.717) is 16.5 Å². The monoisotopic (exact) mass is 339 g/mol. The highest BCUT2D eigenvalue weighted by Gasteiger charge is 2.20. The zero-order valence-corrected chi connectivity index (χ0v) is 13.3. The molecule has 1 amide bonds. The third-order valence-corrected chi connectivity index (χ3v) is 4.68. The fraction of sp³-hybridized carbons (Fsp3) is 0.133. The molecule has 0 saturated carbocycles. The van der Waals surface area contributed by atoms with Gasteiger partial charge in [-0.2, -0.15) is 0 Å². The molecule has 22 heavy (non-hydrogen) atoms. The highest BCUT2D eigenvalue weighted by molar-refractivity contribution is 7.92. The number of hydrogen-bond donors (Lipinski definition) is 1. The Kier molecular flexibility index (Phi) is 5.05. The topological polar surface area (TPSA) is 72.5 Å². The number of methoxy groups -OCH3 is 1. The number of carbonyl (C=O) groups is 1. The van der Waals surface area contributed by atoms with E-state index in [2.05, 4.69) is 5.32 Å². The van der Waals surface area contributed by atoms with Crippen LogP contribution in [0, 0.1) is 0 Å². The van der Waals surface area contributed by atoms with Crippen LogP contribution in [-0.4, -0.2) is 27.2 Å². The van der Waals surface area contributed by atoms with Gasteiger partial charge in [-0.1, -0.05) is 23.7 Å². The number of anilines is 1. The first-order valence-corrected chi connectivity index (χ1v) is 8.36. The van der Waals surface area contributed by atoms with Gasteiger partial charge < -0.3 is 10.1 Å². The van der Waals surface area contributed by atoms with E-state index in [9.17, 15) is 13.2 Å². The first kappa shape index (κ1) is 16.3. The van der Waals surface area contributed by atoms with Gasteiger partial charge >= 0.3 is 0 Å². The fourth-order valence-electron chi connectivity index (χ4n) is 1.81. The maximum atomic E-state index is 12.2. The number of benzene rings is 2. The first-order chi connectivity index (χ1) is 10.4. The molecule has 7 heteroatoms. The van der Waals surface area contributed by atoms with Crippen molar-refractivity contribution >= 4 is 33.0 Å². The average molecular weight is 340 g/mol. The van der Waals surface area contributed by atoms with Crippen molar-refractivity contribution in [1.29, 1.82) is 0 Å². The number of carbonyl (C=O) groups excluding carboxylic acids is 1. The van der Waals surface area contributed by atoms with Gasteiger partial charge in [0.25, 0.3) is 0 Å². The Morgan fingerprint density at radius 3 is 2.59 bits per heavy atom. The standard InChI is InChI=1S/C15H14ClNO4S/c1-21-13-6-3-7-14(9-13)22(19,20)10-15(18)17-12-5-2-4-11(16)8-12/h2-9H,10H2,1H3,(H,17,18). The molecule has 116 valence electrons. The van der Waals surface area contributed by atoms with Crippen molar-refractivity contribution < 1.29 is 17.9 Å². The molecular formula is C15H14ClNO4S. The van der Waals surface area contributed by atoms with Crippen LogP contribution in [0.2, 0.25) is 5.02 Å². The summed E-state index contributed by atoms with van der Waals surface area (Å²) in [5.74, 6) is -0.881. The normalized spacial score (nSPS) is 11.0. The molecule has 0 radical (unpaired) electrons. The second kappa shape index (κ2) is 6.81. The quantitative estimate of drug-likeness (QED) is 0.909. The Morgan fingerprint density at radius 1 is 1.18 bits per heavy atom. The lowest BCUT2D eigenvalue weighted by atomic mass is 10.3. The van der Waals surface area contributed by atoms with Crippen LogP contribution in [0.4, 0.5) is 5.69 Å². The second-order valence-corrected chi connectivity index (χ2v) is 6.92. The lowest BCUT2D eigenvalue weighted by molar-refractivity contribution is -0.113. The van der Waals surface area contributed by atoms with Crippen LogP contribution in [0.25, 0.3) is 0 Å². The molecule has 2 aromatic carbocycles. The van der Waals surface area contributed by atoms with Gasteiger partial charge in [0.2, 0.25) is 5.91 Å². The van der Waals surface area contributed by atoms with Gasteiger partial charge in [0, 0.05) is 10.7 Å². The van der Waals surface area contributed by atoms with Crippen molar-refractivity contribution in [2.24, 2.45) is 0 Å². The first-order valence-electron chi connectivity index (χ1n) is 6.33. The van der Waals surface area contributed by atoms with E-state index in [4.69, 9.17) is 16.3 Å². The lowest BCUT2D eigenvalue weighted by Crippen LogP contribution is -2.23. The van der Waals surface area contributed by atoms with Crippen molar-refractivity contribution in [2.45, 2.75) is 4.90 Å². The van der Waals surface area contributed by atoms with Gasteiger partial charge in [0.1, 0.15) is 11.5 Å². The maximum Gasteiger partial charge on any atom is 0.239 e. The van der Waals surface area contributed by atoms with Gasteiger partial charge in [0.05, 0.1) is 12.0 Å². The van der Waals surface area contributed by atoms with Crippen molar-refractivity contribution in [1.82, 2.24) is 0 Å². The van der Waals surface area contributed by atoms with Crippen molar-refractivity contribution in [3.63, 3.8) is 0 Å². The zero-order valence-electron chi connectivity index (χ0n) is 11.7. The van der Waals surface area contributed by atoms with Crippen molar-refractivity contribution in [3.8, 4) is 5.75 Å². The van der Waals surface area contributed by atoms with Crippen molar-refractivity contribution in [3.05, 3.63) is 53.6 Å². The Hall–Kier alpha value is -2.05. The number of amides is 1. The number of hydrogen-bond acceptors (Lipinski definition) is 4. The van der Waals surface area contributed by atoms with E-state index in [-0.39, 0.29) is 4.90 Å². The molecule has 1 N–H and O–H groups in total. The maximum absolute atomic E-state index is 12.2. The van der Waals surface area contributed by atoms with E-state index < -0.39 is 21.5 Å². The van der Waals surface area contributed by atoms with Crippen LogP contribution >= 0.6 is 11.6 Å². The molecule has 2 aromatic rings. The Bertz CT molecular complexity index is 790. The predicted octanol–water partition coefficient (Wildman–Crippen LogP) is 2.76. The Morgan fingerprint density at radius 2 is 1.91 bits per heavy atom. The molecule has 0 aliphatic carbocycles. The van der Waals surface area contributed by atoms with E-state index in [1.807, 2.05) is 0 Å². The summed E-state index contributed by atoms with van der Waals surface area (Å²) in [6.45, 7) is 0. The summed E-state index contributed by atoms with van der Waals surface area (Å²) in [7, 11) is -2.31. The zero-order chi connectivity index (χ0) is 16.2. The molecule has 0 bridgehead atoms. The van der Waals surface area contributed by atoms with E-state index >= 15 is 0 Å². The molecule has 0 aromatic heterocycles. The minimum atomic E-state index is -3.75. The predicted molar refractivity (Wildman–Crippen MR) is 85.1 cm³/mol. The fourth-order valence-corrected chi connectivity index (χ4v) is 3.17. The van der Waals surface area contributed by atoms with Crippen LogP contribution < -0.4 is 10.1 Å². The van der Waals surface area contributed by atoms with E-state index in [1.54, 1.807) is 30.3 Å². The third kappa shape index (κ3) is 4.22. The molecule has 0 aliphatic heterocycles. The molecule has 0 saturated heterocycles. The van der Waals surface area contributed by atoms with Crippen LogP contribution in [0.1, 0.15) is 0 Å². The molecule has 5 nitrogen and oxygen atoms in total. The smallest absolute Gasteiger partial charge is 0.239 e. The van der Waals surface area contributed by atoms with Gasteiger partial charge in [-0.15, -0.1) is 0 Å². The SMILES string of the molecule is COc1cccc(S(=O)(=O)CC(=O)Nc2cccc(Cl)c2)c1. The highest BCUT2D eigenvalue weighted by atomic mass is 35.5. The Labute approximate surface area is 133 Å². The number of nitrogens with one attached hydrogen (secondary N) is 1. The van der Waals surface area contributed by atoms with E-state index in [0.717, 1.165) is 0 Å². The summed E-state index contributed by atoms with van der Waals surface area (Å²) >= 11 is 5.81. The van der Waals surface area contributed by atoms with E-state index in [1.165, 1.54) is 25.3 Å². The third-order valence-electron chi connectivity index (χ3n) is 2.83. The lowest BCUT2D eigenvalue weighted by Gasteiger charge is -2.08. The van der Waals surface area contributed by atoms with Crippen molar-refractivity contribution in [2.75, 3.05) is 18.2 Å². The number of sulfone groups is 1. The average Bonchev–Trinajstić information content (AvgIpc) is 2.46. The minimum absolute atomic E-state index is 0.0353. The molecule has 0 atom stereocenters. The summed E-state index contributed by atoms with van der Waals surface area (Å²) in [5, 5.41) is 2.96. The molecule has 2 rings (SSSR count). The summed E-state index contributed by atoms with van der Waals surface area (Å²) < 4.78 is 29.4. The molecule has 0 unspecified atom stereocenters. The molecular weight excluding hydrogens is 326 g/mol.